The molecule has 0 saturated heterocycles. The zero-order valence-corrected chi connectivity index (χ0v) is 13.9. The monoisotopic (exact) mass is 320 g/mol. The summed E-state index contributed by atoms with van der Waals surface area (Å²) < 4.78 is 1.75. The number of amides is 1. The average Bonchev–Trinajstić information content (AvgIpc) is 3.11. The Bertz CT molecular complexity index is 810. The summed E-state index contributed by atoms with van der Waals surface area (Å²) in [4.78, 5) is 18.6. The van der Waals surface area contributed by atoms with Crippen molar-refractivity contribution in [2.24, 2.45) is 0 Å². The van der Waals surface area contributed by atoms with E-state index in [1.807, 2.05) is 67.3 Å². The second kappa shape index (κ2) is 7.08. The molecule has 3 rings (SSSR count). The molecular formula is C19H20N4O. The predicted molar refractivity (Wildman–Crippen MR) is 94.1 cm³/mol. The molecule has 0 unspecified atom stereocenters. The van der Waals surface area contributed by atoms with E-state index in [1.165, 1.54) is 6.33 Å². The first-order valence-electron chi connectivity index (χ1n) is 7.98. The first-order valence-corrected chi connectivity index (χ1v) is 7.98. The molecule has 2 aromatic carbocycles. The van der Waals surface area contributed by atoms with Gasteiger partial charge in [0.25, 0.3) is 5.91 Å². The van der Waals surface area contributed by atoms with Gasteiger partial charge in [0, 0.05) is 17.8 Å². The lowest BCUT2D eigenvalue weighted by Gasteiger charge is -2.23. The highest BCUT2D eigenvalue weighted by Crippen LogP contribution is 2.21. The molecule has 1 heterocycles. The minimum Gasteiger partial charge on any atom is -0.308 e. The second-order valence-electron chi connectivity index (χ2n) is 5.63. The third kappa shape index (κ3) is 3.35. The maximum Gasteiger partial charge on any atom is 0.258 e. The van der Waals surface area contributed by atoms with Crippen LogP contribution in [-0.4, -0.2) is 27.2 Å². The highest BCUT2D eigenvalue weighted by molar-refractivity contribution is 6.06. The minimum absolute atomic E-state index is 0.0131. The zero-order valence-electron chi connectivity index (χ0n) is 13.9. The van der Waals surface area contributed by atoms with E-state index in [4.69, 9.17) is 0 Å². The summed E-state index contributed by atoms with van der Waals surface area (Å²) in [5.74, 6) is 0.0131. The van der Waals surface area contributed by atoms with Gasteiger partial charge in [-0.15, -0.1) is 0 Å². The lowest BCUT2D eigenvalue weighted by atomic mass is 10.1. The van der Waals surface area contributed by atoms with Crippen molar-refractivity contribution < 1.29 is 4.79 Å². The molecule has 0 spiro atoms. The number of aromatic nitrogens is 3. The standard InChI is InChI=1S/C19H20N4O/c1-3-23(18-7-5-4-6-15(18)2)19(24)17-10-8-16(9-11-17)12-22-14-20-13-21-22/h4-11,13-14H,3,12H2,1-2H3. The molecule has 0 atom stereocenters. The molecule has 0 fully saturated rings. The first-order chi connectivity index (χ1) is 11.7. The van der Waals surface area contributed by atoms with Crippen molar-refractivity contribution in [3.8, 4) is 0 Å². The van der Waals surface area contributed by atoms with Crippen LogP contribution >= 0.6 is 0 Å². The van der Waals surface area contributed by atoms with Crippen molar-refractivity contribution in [1.82, 2.24) is 14.8 Å². The van der Waals surface area contributed by atoms with E-state index in [9.17, 15) is 4.79 Å². The predicted octanol–water partition coefficient (Wildman–Crippen LogP) is 3.30. The van der Waals surface area contributed by atoms with Gasteiger partial charge < -0.3 is 4.90 Å². The lowest BCUT2D eigenvalue weighted by Crippen LogP contribution is -2.31. The van der Waals surface area contributed by atoms with Gasteiger partial charge in [0.2, 0.25) is 0 Å². The Morgan fingerprint density at radius 1 is 1.12 bits per heavy atom. The normalized spacial score (nSPS) is 10.6. The number of para-hydroxylation sites is 1. The number of rotatable bonds is 5. The largest absolute Gasteiger partial charge is 0.308 e. The Hall–Kier alpha value is -2.95. The van der Waals surface area contributed by atoms with E-state index in [2.05, 4.69) is 10.1 Å². The van der Waals surface area contributed by atoms with Crippen LogP contribution in [0.2, 0.25) is 0 Å². The van der Waals surface area contributed by atoms with Crippen molar-refractivity contribution in [2.75, 3.05) is 11.4 Å². The molecule has 122 valence electrons. The van der Waals surface area contributed by atoms with Gasteiger partial charge in [-0.05, 0) is 43.2 Å². The quantitative estimate of drug-likeness (QED) is 0.725. The maximum atomic E-state index is 12.9. The fourth-order valence-electron chi connectivity index (χ4n) is 2.70. The van der Waals surface area contributed by atoms with Gasteiger partial charge in [0.1, 0.15) is 12.7 Å². The molecule has 0 aliphatic heterocycles. The van der Waals surface area contributed by atoms with Crippen LogP contribution in [0.5, 0.6) is 0 Å². The molecule has 5 nitrogen and oxygen atoms in total. The van der Waals surface area contributed by atoms with Crippen LogP contribution in [-0.2, 0) is 6.54 Å². The molecule has 0 aliphatic carbocycles. The Morgan fingerprint density at radius 2 is 1.88 bits per heavy atom. The van der Waals surface area contributed by atoms with Crippen LogP contribution < -0.4 is 4.90 Å². The summed E-state index contributed by atoms with van der Waals surface area (Å²) in [6, 6.07) is 15.6. The Labute approximate surface area is 141 Å². The number of nitrogens with zero attached hydrogens (tertiary/aromatic N) is 4. The third-order valence-electron chi connectivity index (χ3n) is 3.98. The zero-order chi connectivity index (χ0) is 16.9. The number of hydrogen-bond acceptors (Lipinski definition) is 3. The van der Waals surface area contributed by atoms with Crippen molar-refractivity contribution in [1.29, 1.82) is 0 Å². The van der Waals surface area contributed by atoms with E-state index in [1.54, 1.807) is 11.0 Å². The van der Waals surface area contributed by atoms with Gasteiger partial charge in [0.05, 0.1) is 6.54 Å². The van der Waals surface area contributed by atoms with Crippen LogP contribution in [0.1, 0.15) is 28.4 Å². The first kappa shape index (κ1) is 15.9. The third-order valence-corrected chi connectivity index (χ3v) is 3.98. The summed E-state index contributed by atoms with van der Waals surface area (Å²) in [5, 5.41) is 4.09. The molecule has 0 saturated carbocycles. The number of benzene rings is 2. The van der Waals surface area contributed by atoms with E-state index >= 15 is 0 Å². The molecule has 5 heteroatoms. The molecule has 0 N–H and O–H groups in total. The van der Waals surface area contributed by atoms with E-state index in [0.717, 1.165) is 16.8 Å². The average molecular weight is 320 g/mol. The fourth-order valence-corrected chi connectivity index (χ4v) is 2.70. The SMILES string of the molecule is CCN(C(=O)c1ccc(Cn2cncn2)cc1)c1ccccc1C. The number of hydrogen-bond donors (Lipinski definition) is 0. The van der Waals surface area contributed by atoms with Gasteiger partial charge in [-0.2, -0.15) is 5.10 Å². The van der Waals surface area contributed by atoms with Gasteiger partial charge in [0.15, 0.2) is 0 Å². The van der Waals surface area contributed by atoms with Crippen LogP contribution in [0.25, 0.3) is 0 Å². The van der Waals surface area contributed by atoms with E-state index in [0.29, 0.717) is 18.7 Å². The fraction of sp³-hybridized carbons (Fsp3) is 0.211. The van der Waals surface area contributed by atoms with E-state index in [-0.39, 0.29) is 5.91 Å². The number of aryl methyl sites for hydroxylation is 1. The molecule has 0 aliphatic rings. The topological polar surface area (TPSA) is 51.0 Å². The second-order valence-corrected chi connectivity index (χ2v) is 5.63. The number of anilines is 1. The molecule has 0 bridgehead atoms. The molecule has 0 radical (unpaired) electrons. The summed E-state index contributed by atoms with van der Waals surface area (Å²) >= 11 is 0. The molecule has 1 aromatic heterocycles. The lowest BCUT2D eigenvalue weighted by molar-refractivity contribution is 0.0988. The molecule has 24 heavy (non-hydrogen) atoms. The summed E-state index contributed by atoms with van der Waals surface area (Å²) in [6.07, 6.45) is 3.19. The van der Waals surface area contributed by atoms with Crippen molar-refractivity contribution in [2.45, 2.75) is 20.4 Å². The van der Waals surface area contributed by atoms with Crippen LogP contribution in [0.3, 0.4) is 0 Å². The Kier molecular flexibility index (Phi) is 4.70. The minimum atomic E-state index is 0.0131. The van der Waals surface area contributed by atoms with Crippen molar-refractivity contribution in [3.05, 3.63) is 77.9 Å². The Morgan fingerprint density at radius 3 is 2.50 bits per heavy atom. The highest BCUT2D eigenvalue weighted by atomic mass is 16.2. The number of carbonyl (C=O) groups excluding carboxylic acids is 1. The molecule has 3 aromatic rings. The number of carbonyl (C=O) groups is 1. The van der Waals surface area contributed by atoms with Gasteiger partial charge in [-0.1, -0.05) is 30.3 Å². The van der Waals surface area contributed by atoms with Gasteiger partial charge >= 0.3 is 0 Å². The summed E-state index contributed by atoms with van der Waals surface area (Å²) in [6.45, 7) is 5.28. The van der Waals surface area contributed by atoms with Crippen LogP contribution in [0.15, 0.2) is 61.2 Å². The summed E-state index contributed by atoms with van der Waals surface area (Å²) in [5.41, 5.74) is 3.81. The van der Waals surface area contributed by atoms with Crippen molar-refractivity contribution >= 4 is 11.6 Å². The Balaban J connectivity index is 1.80. The molecule has 1 amide bonds. The molecular weight excluding hydrogens is 300 g/mol. The highest BCUT2D eigenvalue weighted by Gasteiger charge is 2.17. The van der Waals surface area contributed by atoms with Gasteiger partial charge in [-0.25, -0.2) is 9.67 Å². The van der Waals surface area contributed by atoms with Crippen molar-refractivity contribution in [3.63, 3.8) is 0 Å². The summed E-state index contributed by atoms with van der Waals surface area (Å²) in [7, 11) is 0. The van der Waals surface area contributed by atoms with Crippen LogP contribution in [0, 0.1) is 6.92 Å². The van der Waals surface area contributed by atoms with Crippen LogP contribution in [0.4, 0.5) is 5.69 Å². The maximum absolute atomic E-state index is 12.9. The smallest absolute Gasteiger partial charge is 0.258 e. The van der Waals surface area contributed by atoms with E-state index < -0.39 is 0 Å². The van der Waals surface area contributed by atoms with Gasteiger partial charge in [-0.3, -0.25) is 4.79 Å².